The molecule has 3 rings (SSSR count). The van der Waals surface area contributed by atoms with Crippen molar-refractivity contribution in [2.24, 2.45) is 0 Å². The lowest BCUT2D eigenvalue weighted by molar-refractivity contribution is -0.122. The highest BCUT2D eigenvalue weighted by atomic mass is 32.2. The van der Waals surface area contributed by atoms with Crippen LogP contribution in [0.4, 0.5) is 9.18 Å². The summed E-state index contributed by atoms with van der Waals surface area (Å²) in [5.41, 5.74) is 1.88. The van der Waals surface area contributed by atoms with Crippen molar-refractivity contribution in [2.45, 2.75) is 26.2 Å². The van der Waals surface area contributed by atoms with Crippen LogP contribution in [0.15, 0.2) is 53.4 Å². The van der Waals surface area contributed by atoms with Crippen LogP contribution in [0.25, 0.3) is 6.08 Å². The molecule has 1 heterocycles. The fraction of sp³-hybridized carbons (Fsp3) is 0.261. The first kappa shape index (κ1) is 21.8. The molecule has 156 valence electrons. The fourth-order valence-electron chi connectivity index (χ4n) is 2.93. The zero-order valence-electron chi connectivity index (χ0n) is 17.1. The summed E-state index contributed by atoms with van der Waals surface area (Å²) < 4.78 is 13.8. The number of nitrogens with one attached hydrogen (secondary N) is 1. The molecule has 0 radical (unpaired) electrons. The summed E-state index contributed by atoms with van der Waals surface area (Å²) in [6.07, 6.45) is 1.37. The Morgan fingerprint density at radius 1 is 1.10 bits per heavy atom. The van der Waals surface area contributed by atoms with Gasteiger partial charge in [-0.2, -0.15) is 0 Å². The number of amides is 3. The minimum absolute atomic E-state index is 0.00294. The maximum Gasteiger partial charge on any atom is 0.293 e. The maximum absolute atomic E-state index is 13.8. The molecular weight excluding hydrogens is 403 g/mol. The van der Waals surface area contributed by atoms with Gasteiger partial charge in [0.1, 0.15) is 5.82 Å². The monoisotopic (exact) mass is 426 g/mol. The number of hydrogen-bond donors (Lipinski definition) is 1. The number of imide groups is 1. The second-order valence-electron chi connectivity index (χ2n) is 7.94. The van der Waals surface area contributed by atoms with Gasteiger partial charge >= 0.3 is 0 Å². The van der Waals surface area contributed by atoms with Crippen molar-refractivity contribution in [1.82, 2.24) is 10.2 Å². The number of hydrogen-bond acceptors (Lipinski definition) is 4. The van der Waals surface area contributed by atoms with Crippen molar-refractivity contribution >= 4 is 34.9 Å². The third-order valence-electron chi connectivity index (χ3n) is 4.70. The maximum atomic E-state index is 13.8. The summed E-state index contributed by atoms with van der Waals surface area (Å²) >= 11 is 0.764. The van der Waals surface area contributed by atoms with Gasteiger partial charge in [-0.15, -0.1) is 0 Å². The minimum Gasteiger partial charge on any atom is -0.350 e. The van der Waals surface area contributed by atoms with Crippen molar-refractivity contribution < 1.29 is 18.8 Å². The van der Waals surface area contributed by atoms with E-state index in [-0.39, 0.29) is 34.9 Å². The molecular formula is C23H23FN2O3S. The number of thioether (sulfide) groups is 1. The van der Waals surface area contributed by atoms with E-state index in [1.165, 1.54) is 18.2 Å². The second kappa shape index (κ2) is 8.83. The Morgan fingerprint density at radius 2 is 1.77 bits per heavy atom. The summed E-state index contributed by atoms with van der Waals surface area (Å²) in [7, 11) is 0. The van der Waals surface area contributed by atoms with Crippen molar-refractivity contribution in [3.63, 3.8) is 0 Å². The number of nitrogens with zero attached hydrogens (tertiary/aromatic N) is 1. The van der Waals surface area contributed by atoms with E-state index >= 15 is 0 Å². The highest BCUT2D eigenvalue weighted by molar-refractivity contribution is 8.18. The average molecular weight is 427 g/mol. The van der Waals surface area contributed by atoms with Gasteiger partial charge in [-0.25, -0.2) is 4.39 Å². The first-order valence-corrected chi connectivity index (χ1v) is 10.4. The molecule has 0 bridgehead atoms. The third kappa shape index (κ3) is 4.97. The quantitative estimate of drug-likeness (QED) is 0.710. The zero-order valence-corrected chi connectivity index (χ0v) is 17.9. The van der Waals surface area contributed by atoms with Gasteiger partial charge in [0, 0.05) is 24.2 Å². The van der Waals surface area contributed by atoms with E-state index in [2.05, 4.69) is 26.1 Å². The summed E-state index contributed by atoms with van der Waals surface area (Å²) in [5.74, 6) is -1.23. The Kier molecular flexibility index (Phi) is 6.41. The number of rotatable bonds is 5. The van der Waals surface area contributed by atoms with E-state index in [4.69, 9.17) is 0 Å². The van der Waals surface area contributed by atoms with Gasteiger partial charge < -0.3 is 5.32 Å². The highest BCUT2D eigenvalue weighted by Gasteiger charge is 2.34. The Hall–Kier alpha value is -2.93. The fourth-order valence-corrected chi connectivity index (χ4v) is 3.79. The molecule has 0 saturated carbocycles. The summed E-state index contributed by atoms with van der Waals surface area (Å²) in [5, 5.41) is 2.29. The standard InChI is InChI=1S/C23H23FN2O3S/c1-23(2,3)17-10-8-15(9-11-17)20(27)25-12-13-26-21(28)19(30-22(26)29)14-16-6-4-5-7-18(16)24/h4-11,14H,12-13H2,1-3H3,(H,25,27)/b19-14-. The van der Waals surface area contributed by atoms with Gasteiger partial charge in [0.15, 0.2) is 0 Å². The number of halogens is 1. The Balaban J connectivity index is 1.58. The first-order valence-electron chi connectivity index (χ1n) is 9.55. The van der Waals surface area contributed by atoms with Crippen LogP contribution >= 0.6 is 11.8 Å². The Bertz CT molecular complexity index is 1010. The number of benzene rings is 2. The Morgan fingerprint density at radius 3 is 2.40 bits per heavy atom. The van der Waals surface area contributed by atoms with E-state index in [1.807, 2.05) is 12.1 Å². The number of carbonyl (C=O) groups excluding carboxylic acids is 3. The summed E-state index contributed by atoms with van der Waals surface area (Å²) in [4.78, 5) is 38.2. The van der Waals surface area contributed by atoms with Crippen LogP contribution in [-0.4, -0.2) is 35.0 Å². The lowest BCUT2D eigenvalue weighted by Gasteiger charge is -2.19. The van der Waals surface area contributed by atoms with E-state index in [0.29, 0.717) is 5.56 Å². The molecule has 0 atom stereocenters. The average Bonchev–Trinajstić information content (AvgIpc) is 2.96. The molecule has 3 amide bonds. The van der Waals surface area contributed by atoms with Crippen LogP contribution in [0, 0.1) is 5.82 Å². The summed E-state index contributed by atoms with van der Waals surface area (Å²) in [6.45, 7) is 6.47. The van der Waals surface area contributed by atoms with Crippen LogP contribution in [-0.2, 0) is 10.2 Å². The van der Waals surface area contributed by atoms with Gasteiger partial charge in [-0.3, -0.25) is 19.3 Å². The topological polar surface area (TPSA) is 66.5 Å². The lowest BCUT2D eigenvalue weighted by atomic mass is 9.87. The molecule has 1 saturated heterocycles. The van der Waals surface area contributed by atoms with Crippen LogP contribution in [0.5, 0.6) is 0 Å². The molecule has 1 N–H and O–H groups in total. The second-order valence-corrected chi connectivity index (χ2v) is 8.93. The first-order chi connectivity index (χ1) is 14.2. The zero-order chi connectivity index (χ0) is 21.9. The molecule has 2 aromatic carbocycles. The van der Waals surface area contributed by atoms with Gasteiger partial charge in [-0.1, -0.05) is 51.1 Å². The number of carbonyl (C=O) groups is 3. The van der Waals surface area contributed by atoms with Crippen LogP contribution in [0.2, 0.25) is 0 Å². The largest absolute Gasteiger partial charge is 0.350 e. The molecule has 0 aliphatic carbocycles. The van der Waals surface area contributed by atoms with Crippen molar-refractivity contribution in [3.05, 3.63) is 75.9 Å². The van der Waals surface area contributed by atoms with Crippen LogP contribution in [0.1, 0.15) is 42.3 Å². The van der Waals surface area contributed by atoms with Crippen molar-refractivity contribution in [3.8, 4) is 0 Å². The molecule has 0 unspecified atom stereocenters. The highest BCUT2D eigenvalue weighted by Crippen LogP contribution is 2.32. The minimum atomic E-state index is -0.489. The van der Waals surface area contributed by atoms with E-state index in [0.717, 1.165) is 22.2 Å². The smallest absolute Gasteiger partial charge is 0.293 e. The van der Waals surface area contributed by atoms with Crippen LogP contribution < -0.4 is 5.32 Å². The molecule has 0 aromatic heterocycles. The normalized spacial score (nSPS) is 15.7. The molecule has 1 fully saturated rings. The van der Waals surface area contributed by atoms with E-state index in [9.17, 15) is 18.8 Å². The Labute approximate surface area is 179 Å². The molecule has 5 nitrogen and oxygen atoms in total. The molecule has 1 aliphatic heterocycles. The van der Waals surface area contributed by atoms with Crippen LogP contribution in [0.3, 0.4) is 0 Å². The molecule has 30 heavy (non-hydrogen) atoms. The lowest BCUT2D eigenvalue weighted by Crippen LogP contribution is -2.37. The molecule has 7 heteroatoms. The van der Waals surface area contributed by atoms with Gasteiger partial charge in [0.2, 0.25) is 0 Å². The summed E-state index contributed by atoms with van der Waals surface area (Å²) in [6, 6.07) is 13.4. The third-order valence-corrected chi connectivity index (χ3v) is 5.61. The van der Waals surface area contributed by atoms with Crippen molar-refractivity contribution in [2.75, 3.05) is 13.1 Å². The van der Waals surface area contributed by atoms with E-state index < -0.39 is 17.0 Å². The predicted octanol–water partition coefficient (Wildman–Crippen LogP) is 4.59. The molecule has 0 spiro atoms. The predicted molar refractivity (Wildman–Crippen MR) is 117 cm³/mol. The van der Waals surface area contributed by atoms with E-state index in [1.54, 1.807) is 24.3 Å². The SMILES string of the molecule is CC(C)(C)c1ccc(C(=O)NCCN2C(=O)S/C(=C\c3ccccc3F)C2=O)cc1. The van der Waals surface area contributed by atoms with Gasteiger partial charge in [0.25, 0.3) is 17.1 Å². The van der Waals surface area contributed by atoms with Crippen molar-refractivity contribution in [1.29, 1.82) is 0 Å². The molecule has 2 aromatic rings. The van der Waals surface area contributed by atoms with Gasteiger partial charge in [-0.05, 0) is 47.0 Å². The van der Waals surface area contributed by atoms with Gasteiger partial charge in [0.05, 0.1) is 4.91 Å². The molecule has 1 aliphatic rings.